The summed E-state index contributed by atoms with van der Waals surface area (Å²) in [4.78, 5) is 23.9. The van der Waals surface area contributed by atoms with Gasteiger partial charge in [-0.1, -0.05) is 29.8 Å². The van der Waals surface area contributed by atoms with Crippen LogP contribution in [0.3, 0.4) is 0 Å². The molecule has 0 aliphatic heterocycles. The Morgan fingerprint density at radius 3 is 2.52 bits per heavy atom. The van der Waals surface area contributed by atoms with Crippen LogP contribution in [0.1, 0.15) is 17.3 Å². The number of nitrogens with one attached hydrogen (secondary N) is 1. The van der Waals surface area contributed by atoms with Gasteiger partial charge < -0.3 is 19.5 Å². The predicted molar refractivity (Wildman–Crippen MR) is 94.5 cm³/mol. The van der Waals surface area contributed by atoms with Crippen LogP contribution in [0.25, 0.3) is 0 Å². The van der Waals surface area contributed by atoms with Gasteiger partial charge in [-0.3, -0.25) is 4.79 Å². The first-order valence-electron chi connectivity index (χ1n) is 7.57. The fourth-order valence-corrected chi connectivity index (χ4v) is 2.25. The van der Waals surface area contributed by atoms with Crippen LogP contribution in [0.4, 0.5) is 5.69 Å². The highest BCUT2D eigenvalue weighted by molar-refractivity contribution is 6.34. The number of carbonyl (C=O) groups is 2. The summed E-state index contributed by atoms with van der Waals surface area (Å²) < 4.78 is 15.5. The van der Waals surface area contributed by atoms with E-state index < -0.39 is 11.9 Å². The quantitative estimate of drug-likeness (QED) is 0.761. The molecule has 0 aliphatic carbocycles. The third-order valence-corrected chi connectivity index (χ3v) is 3.48. The fourth-order valence-electron chi connectivity index (χ4n) is 2.04. The van der Waals surface area contributed by atoms with Gasteiger partial charge in [0.05, 0.1) is 24.4 Å². The molecule has 0 unspecified atom stereocenters. The van der Waals surface area contributed by atoms with E-state index in [0.29, 0.717) is 11.4 Å². The number of para-hydroxylation sites is 1. The SMILES string of the molecule is CCOC(=O)c1cc(Cl)c(NC(=O)COc2ccccc2)cc1OC. The maximum atomic E-state index is 12.0. The van der Waals surface area contributed by atoms with E-state index in [9.17, 15) is 9.59 Å². The third kappa shape index (κ3) is 5.12. The maximum Gasteiger partial charge on any atom is 0.341 e. The number of methoxy groups -OCH3 is 1. The van der Waals surface area contributed by atoms with Gasteiger partial charge in [0, 0.05) is 6.07 Å². The van der Waals surface area contributed by atoms with Crippen molar-refractivity contribution in [1.82, 2.24) is 0 Å². The second kappa shape index (κ2) is 8.94. The molecule has 0 spiro atoms. The molecule has 2 aromatic rings. The van der Waals surface area contributed by atoms with E-state index in [1.165, 1.54) is 19.2 Å². The standard InChI is InChI=1S/C18H18ClNO5/c1-3-24-18(22)13-9-14(19)15(10-16(13)23-2)20-17(21)11-25-12-7-5-4-6-8-12/h4-10H,3,11H2,1-2H3,(H,20,21). The molecule has 2 aromatic carbocycles. The van der Waals surface area contributed by atoms with Crippen LogP contribution in [-0.4, -0.2) is 32.2 Å². The number of carbonyl (C=O) groups excluding carboxylic acids is 2. The molecule has 1 amide bonds. The van der Waals surface area contributed by atoms with Crippen molar-refractivity contribution in [3.05, 3.63) is 53.1 Å². The molecule has 0 aliphatic rings. The first-order chi connectivity index (χ1) is 12.0. The molecule has 2 rings (SSSR count). The molecule has 0 saturated carbocycles. The van der Waals surface area contributed by atoms with Gasteiger partial charge in [0.25, 0.3) is 5.91 Å². The maximum absolute atomic E-state index is 12.0. The monoisotopic (exact) mass is 363 g/mol. The zero-order valence-corrected chi connectivity index (χ0v) is 14.6. The topological polar surface area (TPSA) is 73.9 Å². The van der Waals surface area contributed by atoms with Gasteiger partial charge in [0.2, 0.25) is 0 Å². The van der Waals surface area contributed by atoms with Gasteiger partial charge in [0.1, 0.15) is 17.1 Å². The minimum atomic E-state index is -0.550. The highest BCUT2D eigenvalue weighted by atomic mass is 35.5. The number of hydrogen-bond donors (Lipinski definition) is 1. The Labute approximate surface area is 150 Å². The summed E-state index contributed by atoms with van der Waals surface area (Å²) in [6, 6.07) is 11.8. The molecule has 132 valence electrons. The van der Waals surface area contributed by atoms with E-state index >= 15 is 0 Å². The number of benzene rings is 2. The first kappa shape index (κ1) is 18.6. The Bertz CT molecular complexity index is 749. The molecule has 25 heavy (non-hydrogen) atoms. The van der Waals surface area contributed by atoms with E-state index in [1.807, 2.05) is 18.2 Å². The number of halogens is 1. The average Bonchev–Trinajstić information content (AvgIpc) is 2.62. The molecule has 0 atom stereocenters. The van der Waals surface area contributed by atoms with Crippen LogP contribution >= 0.6 is 11.6 Å². The summed E-state index contributed by atoms with van der Waals surface area (Å²) in [7, 11) is 1.41. The minimum absolute atomic E-state index is 0.178. The van der Waals surface area contributed by atoms with Crippen molar-refractivity contribution >= 4 is 29.2 Å². The van der Waals surface area contributed by atoms with E-state index in [0.717, 1.165) is 0 Å². The van der Waals surface area contributed by atoms with Gasteiger partial charge in [-0.15, -0.1) is 0 Å². The normalized spacial score (nSPS) is 10.0. The van der Waals surface area contributed by atoms with Crippen molar-refractivity contribution in [1.29, 1.82) is 0 Å². The average molecular weight is 364 g/mol. The molecular formula is C18H18ClNO5. The van der Waals surface area contributed by atoms with Crippen LogP contribution in [0, 0.1) is 0 Å². The highest BCUT2D eigenvalue weighted by Crippen LogP contribution is 2.31. The summed E-state index contributed by atoms with van der Waals surface area (Å²) in [5, 5.41) is 2.82. The summed E-state index contributed by atoms with van der Waals surface area (Å²) in [5.74, 6) is -0.107. The zero-order chi connectivity index (χ0) is 18.2. The van der Waals surface area contributed by atoms with Crippen molar-refractivity contribution in [3.63, 3.8) is 0 Å². The minimum Gasteiger partial charge on any atom is -0.496 e. The smallest absolute Gasteiger partial charge is 0.341 e. The largest absolute Gasteiger partial charge is 0.496 e. The van der Waals surface area contributed by atoms with Crippen molar-refractivity contribution in [2.45, 2.75) is 6.92 Å². The van der Waals surface area contributed by atoms with Gasteiger partial charge in [-0.25, -0.2) is 4.79 Å². The molecule has 0 bridgehead atoms. The fraction of sp³-hybridized carbons (Fsp3) is 0.222. The lowest BCUT2D eigenvalue weighted by atomic mass is 10.1. The van der Waals surface area contributed by atoms with Crippen LogP contribution in [0.5, 0.6) is 11.5 Å². The van der Waals surface area contributed by atoms with Crippen molar-refractivity contribution < 1.29 is 23.8 Å². The molecule has 0 radical (unpaired) electrons. The molecule has 7 heteroatoms. The zero-order valence-electron chi connectivity index (χ0n) is 13.9. The molecule has 0 saturated heterocycles. The summed E-state index contributed by atoms with van der Waals surface area (Å²) >= 11 is 6.14. The molecule has 0 fully saturated rings. The second-order valence-electron chi connectivity index (χ2n) is 4.90. The van der Waals surface area contributed by atoms with E-state index in [2.05, 4.69) is 5.32 Å². The number of hydrogen-bond acceptors (Lipinski definition) is 5. The summed E-state index contributed by atoms with van der Waals surface area (Å²) in [6.07, 6.45) is 0. The third-order valence-electron chi connectivity index (χ3n) is 3.17. The number of ether oxygens (including phenoxy) is 3. The highest BCUT2D eigenvalue weighted by Gasteiger charge is 2.18. The Morgan fingerprint density at radius 1 is 1.16 bits per heavy atom. The first-order valence-corrected chi connectivity index (χ1v) is 7.95. The molecule has 0 aromatic heterocycles. The van der Waals surface area contributed by atoms with Gasteiger partial charge in [-0.2, -0.15) is 0 Å². The lowest BCUT2D eigenvalue weighted by Gasteiger charge is -2.13. The van der Waals surface area contributed by atoms with Gasteiger partial charge >= 0.3 is 5.97 Å². The van der Waals surface area contributed by atoms with Crippen LogP contribution in [0.15, 0.2) is 42.5 Å². The predicted octanol–water partition coefficient (Wildman–Crippen LogP) is 3.54. The summed E-state index contributed by atoms with van der Waals surface area (Å²) in [5.41, 5.74) is 0.501. The number of esters is 1. The molecule has 1 N–H and O–H groups in total. The molecule has 6 nitrogen and oxygen atoms in total. The Morgan fingerprint density at radius 2 is 1.88 bits per heavy atom. The number of amides is 1. The Kier molecular flexibility index (Phi) is 6.65. The van der Waals surface area contributed by atoms with Gasteiger partial charge in [0.15, 0.2) is 6.61 Å². The molecular weight excluding hydrogens is 346 g/mol. The Hall–Kier alpha value is -2.73. The second-order valence-corrected chi connectivity index (χ2v) is 5.31. The van der Waals surface area contributed by atoms with Crippen molar-refractivity contribution in [2.24, 2.45) is 0 Å². The molecule has 0 heterocycles. The van der Waals surface area contributed by atoms with Crippen LogP contribution < -0.4 is 14.8 Å². The summed E-state index contributed by atoms with van der Waals surface area (Å²) in [6.45, 7) is 1.75. The van der Waals surface area contributed by atoms with Crippen molar-refractivity contribution in [2.75, 3.05) is 25.6 Å². The lowest BCUT2D eigenvalue weighted by Crippen LogP contribution is -2.20. The van der Waals surface area contributed by atoms with Crippen LogP contribution in [-0.2, 0) is 9.53 Å². The van der Waals surface area contributed by atoms with Gasteiger partial charge in [-0.05, 0) is 25.1 Å². The van der Waals surface area contributed by atoms with Crippen LogP contribution in [0.2, 0.25) is 5.02 Å². The number of anilines is 1. The van der Waals surface area contributed by atoms with E-state index in [1.54, 1.807) is 19.1 Å². The van der Waals surface area contributed by atoms with Crippen molar-refractivity contribution in [3.8, 4) is 11.5 Å². The lowest BCUT2D eigenvalue weighted by molar-refractivity contribution is -0.118. The number of rotatable bonds is 7. The van der Waals surface area contributed by atoms with E-state index in [-0.39, 0.29) is 29.5 Å². The Balaban J connectivity index is 2.08. The van der Waals surface area contributed by atoms with E-state index in [4.69, 9.17) is 25.8 Å².